The Hall–Kier alpha value is -2.00. The second-order valence-electron chi connectivity index (χ2n) is 5.84. The standard InChI is InChI=1S/C19H20FNO/c20-18-7-3-2-6-17(18)19(22)16-10-8-15(9-11-16)14-21-12-4-1-5-13-21/h2-3,6-11H,1,4-5,12-14H2. The van der Waals surface area contributed by atoms with Gasteiger partial charge in [0.05, 0.1) is 5.56 Å². The summed E-state index contributed by atoms with van der Waals surface area (Å²) in [6.45, 7) is 3.22. The zero-order chi connectivity index (χ0) is 15.4. The fourth-order valence-corrected chi connectivity index (χ4v) is 2.94. The van der Waals surface area contributed by atoms with Gasteiger partial charge in [-0.25, -0.2) is 4.39 Å². The molecule has 2 nitrogen and oxygen atoms in total. The van der Waals surface area contributed by atoms with Gasteiger partial charge in [0.15, 0.2) is 5.78 Å². The van der Waals surface area contributed by atoms with Crippen molar-refractivity contribution in [3.8, 4) is 0 Å². The number of likely N-dealkylation sites (tertiary alicyclic amines) is 1. The van der Waals surface area contributed by atoms with E-state index in [9.17, 15) is 9.18 Å². The fraction of sp³-hybridized carbons (Fsp3) is 0.316. The average molecular weight is 297 g/mol. The average Bonchev–Trinajstić information content (AvgIpc) is 2.56. The molecule has 3 heteroatoms. The molecule has 3 rings (SSSR count). The lowest BCUT2D eigenvalue weighted by molar-refractivity contribution is 0.103. The molecule has 2 aromatic carbocycles. The number of carbonyl (C=O) groups excluding carboxylic acids is 1. The number of piperidine rings is 1. The van der Waals surface area contributed by atoms with Crippen LogP contribution in [0.5, 0.6) is 0 Å². The van der Waals surface area contributed by atoms with Gasteiger partial charge in [-0.1, -0.05) is 42.8 Å². The normalized spacial score (nSPS) is 15.7. The minimum absolute atomic E-state index is 0.131. The first-order valence-electron chi connectivity index (χ1n) is 7.84. The molecule has 0 atom stereocenters. The van der Waals surface area contributed by atoms with Gasteiger partial charge in [-0.2, -0.15) is 0 Å². The molecule has 0 bridgehead atoms. The van der Waals surface area contributed by atoms with E-state index >= 15 is 0 Å². The summed E-state index contributed by atoms with van der Waals surface area (Å²) in [6.07, 6.45) is 3.86. The summed E-state index contributed by atoms with van der Waals surface area (Å²) in [5, 5.41) is 0. The zero-order valence-electron chi connectivity index (χ0n) is 12.6. The van der Waals surface area contributed by atoms with Crippen LogP contribution in [0.2, 0.25) is 0 Å². The first kappa shape index (κ1) is 14.9. The van der Waals surface area contributed by atoms with Crippen molar-refractivity contribution < 1.29 is 9.18 Å². The molecule has 22 heavy (non-hydrogen) atoms. The number of hydrogen-bond donors (Lipinski definition) is 0. The Kier molecular flexibility index (Phi) is 4.64. The lowest BCUT2D eigenvalue weighted by atomic mass is 10.0. The molecular formula is C19H20FNO. The molecule has 0 saturated carbocycles. The van der Waals surface area contributed by atoms with Crippen LogP contribution in [0.3, 0.4) is 0 Å². The van der Waals surface area contributed by atoms with Crippen LogP contribution in [-0.4, -0.2) is 23.8 Å². The van der Waals surface area contributed by atoms with Crippen LogP contribution >= 0.6 is 0 Å². The van der Waals surface area contributed by atoms with Crippen molar-refractivity contribution in [2.75, 3.05) is 13.1 Å². The summed E-state index contributed by atoms with van der Waals surface area (Å²) in [5.41, 5.74) is 1.87. The van der Waals surface area contributed by atoms with Gasteiger partial charge in [0, 0.05) is 12.1 Å². The lowest BCUT2D eigenvalue weighted by Crippen LogP contribution is -2.29. The number of carbonyl (C=O) groups is 1. The Labute approximate surface area is 130 Å². The van der Waals surface area contributed by atoms with Crippen LogP contribution in [0.1, 0.15) is 40.7 Å². The summed E-state index contributed by atoms with van der Waals surface area (Å²) >= 11 is 0. The highest BCUT2D eigenvalue weighted by Gasteiger charge is 2.14. The van der Waals surface area contributed by atoms with E-state index in [2.05, 4.69) is 4.90 Å². The summed E-state index contributed by atoms with van der Waals surface area (Å²) in [6, 6.07) is 13.7. The van der Waals surface area contributed by atoms with Crippen LogP contribution < -0.4 is 0 Å². The predicted molar refractivity (Wildman–Crippen MR) is 85.4 cm³/mol. The first-order valence-corrected chi connectivity index (χ1v) is 7.84. The Bertz CT molecular complexity index is 645. The predicted octanol–water partition coefficient (Wildman–Crippen LogP) is 4.04. The minimum atomic E-state index is -0.468. The topological polar surface area (TPSA) is 20.3 Å². The second kappa shape index (κ2) is 6.84. The Balaban J connectivity index is 1.71. The SMILES string of the molecule is O=C(c1ccc(CN2CCCCC2)cc1)c1ccccc1F. The van der Waals surface area contributed by atoms with E-state index < -0.39 is 5.82 Å². The molecule has 1 saturated heterocycles. The van der Waals surface area contributed by atoms with Crippen LogP contribution in [0.4, 0.5) is 4.39 Å². The van der Waals surface area contributed by atoms with Crippen molar-refractivity contribution in [1.29, 1.82) is 0 Å². The molecule has 1 aliphatic rings. The van der Waals surface area contributed by atoms with Crippen LogP contribution in [0.25, 0.3) is 0 Å². The Morgan fingerprint density at radius 2 is 1.64 bits per heavy atom. The van der Waals surface area contributed by atoms with Crippen LogP contribution in [-0.2, 0) is 6.54 Å². The molecule has 0 amide bonds. The summed E-state index contributed by atoms with van der Waals surface area (Å²) in [5.74, 6) is -0.729. The monoisotopic (exact) mass is 297 g/mol. The molecule has 1 aliphatic heterocycles. The molecule has 0 N–H and O–H groups in total. The molecule has 0 unspecified atom stereocenters. The van der Waals surface area contributed by atoms with Crippen LogP contribution in [0, 0.1) is 5.82 Å². The van der Waals surface area contributed by atoms with Crippen molar-refractivity contribution in [2.24, 2.45) is 0 Å². The van der Waals surface area contributed by atoms with Gasteiger partial charge >= 0.3 is 0 Å². The molecule has 0 spiro atoms. The van der Waals surface area contributed by atoms with Gasteiger partial charge in [-0.15, -0.1) is 0 Å². The maximum Gasteiger partial charge on any atom is 0.195 e. The number of ketones is 1. The molecule has 0 aromatic heterocycles. The zero-order valence-corrected chi connectivity index (χ0v) is 12.6. The van der Waals surface area contributed by atoms with E-state index in [4.69, 9.17) is 0 Å². The van der Waals surface area contributed by atoms with E-state index in [1.165, 1.54) is 37.0 Å². The lowest BCUT2D eigenvalue weighted by Gasteiger charge is -2.26. The third kappa shape index (κ3) is 3.42. The van der Waals surface area contributed by atoms with Crippen molar-refractivity contribution in [1.82, 2.24) is 4.90 Å². The van der Waals surface area contributed by atoms with Gasteiger partial charge in [-0.3, -0.25) is 9.69 Å². The summed E-state index contributed by atoms with van der Waals surface area (Å²) < 4.78 is 13.7. The van der Waals surface area contributed by atoms with Crippen molar-refractivity contribution >= 4 is 5.78 Å². The van der Waals surface area contributed by atoms with Gasteiger partial charge in [-0.05, 0) is 43.6 Å². The molecule has 0 aliphatic carbocycles. The molecule has 0 radical (unpaired) electrons. The molecule has 2 aromatic rings. The maximum atomic E-state index is 13.7. The minimum Gasteiger partial charge on any atom is -0.299 e. The van der Waals surface area contributed by atoms with Gasteiger partial charge in [0.25, 0.3) is 0 Å². The third-order valence-corrected chi connectivity index (χ3v) is 4.19. The first-order chi connectivity index (χ1) is 10.7. The highest BCUT2D eigenvalue weighted by Crippen LogP contribution is 2.16. The van der Waals surface area contributed by atoms with Gasteiger partial charge in [0.2, 0.25) is 0 Å². The number of hydrogen-bond acceptors (Lipinski definition) is 2. The maximum absolute atomic E-state index is 13.7. The highest BCUT2D eigenvalue weighted by molar-refractivity contribution is 6.09. The second-order valence-corrected chi connectivity index (χ2v) is 5.84. The number of rotatable bonds is 4. The van der Waals surface area contributed by atoms with Gasteiger partial charge < -0.3 is 0 Å². The highest BCUT2D eigenvalue weighted by atomic mass is 19.1. The number of halogens is 1. The molecule has 1 heterocycles. The largest absolute Gasteiger partial charge is 0.299 e. The van der Waals surface area contributed by atoms with Crippen molar-refractivity contribution in [2.45, 2.75) is 25.8 Å². The van der Waals surface area contributed by atoms with E-state index in [1.54, 1.807) is 24.3 Å². The molecular weight excluding hydrogens is 277 g/mol. The molecule has 114 valence electrons. The van der Waals surface area contributed by atoms with E-state index in [0.717, 1.165) is 19.6 Å². The fourth-order valence-electron chi connectivity index (χ4n) is 2.94. The summed E-state index contributed by atoms with van der Waals surface area (Å²) in [4.78, 5) is 14.8. The summed E-state index contributed by atoms with van der Waals surface area (Å²) in [7, 11) is 0. The van der Waals surface area contributed by atoms with Crippen molar-refractivity contribution in [3.63, 3.8) is 0 Å². The molecule has 1 fully saturated rings. The van der Waals surface area contributed by atoms with Crippen molar-refractivity contribution in [3.05, 3.63) is 71.0 Å². The van der Waals surface area contributed by atoms with E-state index in [1.807, 2.05) is 12.1 Å². The van der Waals surface area contributed by atoms with E-state index in [0.29, 0.717) is 5.56 Å². The smallest absolute Gasteiger partial charge is 0.195 e. The Morgan fingerprint density at radius 3 is 2.32 bits per heavy atom. The Morgan fingerprint density at radius 1 is 0.955 bits per heavy atom. The van der Waals surface area contributed by atoms with Crippen LogP contribution in [0.15, 0.2) is 48.5 Å². The third-order valence-electron chi connectivity index (χ3n) is 4.19. The van der Waals surface area contributed by atoms with Gasteiger partial charge in [0.1, 0.15) is 5.82 Å². The quantitative estimate of drug-likeness (QED) is 0.794. The number of benzene rings is 2. The van der Waals surface area contributed by atoms with E-state index in [-0.39, 0.29) is 11.3 Å². The number of nitrogens with zero attached hydrogens (tertiary/aromatic N) is 1.